The van der Waals surface area contributed by atoms with Crippen LogP contribution in [0.1, 0.15) is 19.4 Å². The van der Waals surface area contributed by atoms with Gasteiger partial charge in [0.05, 0.1) is 0 Å². The number of nitrogens with zero attached hydrogens (tertiary/aromatic N) is 2. The van der Waals surface area contributed by atoms with Crippen molar-refractivity contribution in [2.24, 2.45) is 0 Å². The van der Waals surface area contributed by atoms with Gasteiger partial charge in [-0.1, -0.05) is 18.2 Å². The monoisotopic (exact) mass is 259 g/mol. The largest absolute Gasteiger partial charge is 0.385 e. The molecule has 0 aliphatic heterocycles. The Morgan fingerprint density at radius 1 is 1.32 bits per heavy atom. The van der Waals surface area contributed by atoms with E-state index in [1.54, 1.807) is 4.57 Å². The molecule has 1 unspecified atom stereocenters. The van der Waals surface area contributed by atoms with Crippen LogP contribution in [0.15, 0.2) is 35.1 Å². The molecular formula is C15H21N3O. The summed E-state index contributed by atoms with van der Waals surface area (Å²) in [4.78, 5) is 14.6. The minimum atomic E-state index is 0.00172. The van der Waals surface area contributed by atoms with E-state index in [1.165, 1.54) is 0 Å². The quantitative estimate of drug-likeness (QED) is 0.914. The Morgan fingerprint density at radius 3 is 2.68 bits per heavy atom. The highest BCUT2D eigenvalue weighted by Gasteiger charge is 2.12. The Morgan fingerprint density at radius 2 is 2.00 bits per heavy atom. The Labute approximate surface area is 113 Å². The number of hydrogen-bond acceptors (Lipinski definition) is 3. The number of nitrogens with two attached hydrogens (primary N) is 1. The maximum Gasteiger partial charge on any atom is 0.260 e. The fourth-order valence-electron chi connectivity index (χ4n) is 2.32. The van der Waals surface area contributed by atoms with Gasteiger partial charge in [-0.3, -0.25) is 9.36 Å². The van der Waals surface area contributed by atoms with Gasteiger partial charge in [-0.2, -0.15) is 0 Å². The zero-order valence-electron chi connectivity index (χ0n) is 11.8. The molecule has 0 fully saturated rings. The van der Waals surface area contributed by atoms with Gasteiger partial charge in [-0.25, -0.2) is 0 Å². The highest BCUT2D eigenvalue weighted by Crippen LogP contribution is 2.18. The minimum absolute atomic E-state index is 0.00172. The number of nitrogen functional groups attached to an aromatic ring is 1. The Hall–Kier alpha value is -1.81. The Kier molecular flexibility index (Phi) is 3.90. The first-order chi connectivity index (χ1) is 9.00. The van der Waals surface area contributed by atoms with E-state index < -0.39 is 0 Å². The molecule has 4 heteroatoms. The van der Waals surface area contributed by atoms with Crippen molar-refractivity contribution < 1.29 is 0 Å². The average molecular weight is 259 g/mol. The van der Waals surface area contributed by atoms with Gasteiger partial charge in [0.1, 0.15) is 5.82 Å². The van der Waals surface area contributed by atoms with Gasteiger partial charge in [-0.15, -0.1) is 0 Å². The lowest BCUT2D eigenvalue weighted by molar-refractivity contribution is 0.357. The van der Waals surface area contributed by atoms with Crippen molar-refractivity contribution in [3.8, 4) is 0 Å². The topological polar surface area (TPSA) is 51.3 Å². The van der Waals surface area contributed by atoms with Crippen LogP contribution < -0.4 is 11.3 Å². The first-order valence-corrected chi connectivity index (χ1v) is 6.55. The first-order valence-electron chi connectivity index (χ1n) is 6.55. The molecule has 2 rings (SSSR count). The number of aromatic nitrogens is 1. The van der Waals surface area contributed by atoms with Crippen molar-refractivity contribution in [1.82, 2.24) is 9.47 Å². The lowest BCUT2D eigenvalue weighted by Gasteiger charge is -2.20. The van der Waals surface area contributed by atoms with Crippen molar-refractivity contribution in [2.45, 2.75) is 19.4 Å². The van der Waals surface area contributed by atoms with Crippen molar-refractivity contribution >= 4 is 16.6 Å². The Balaban J connectivity index is 2.45. The number of benzene rings is 1. The summed E-state index contributed by atoms with van der Waals surface area (Å²) in [6.07, 6.45) is 0.898. The molecule has 0 spiro atoms. The molecule has 2 aromatic rings. The summed E-state index contributed by atoms with van der Waals surface area (Å²) in [5.41, 5.74) is 6.05. The van der Waals surface area contributed by atoms with Crippen molar-refractivity contribution in [3.05, 3.63) is 40.7 Å². The van der Waals surface area contributed by atoms with Gasteiger partial charge in [0.2, 0.25) is 0 Å². The third-order valence-corrected chi connectivity index (χ3v) is 3.43. The van der Waals surface area contributed by atoms with Crippen LogP contribution in [0.3, 0.4) is 0 Å². The van der Waals surface area contributed by atoms with Crippen LogP contribution in [0.25, 0.3) is 10.8 Å². The fourth-order valence-corrected chi connectivity index (χ4v) is 2.32. The number of anilines is 1. The van der Waals surface area contributed by atoms with E-state index in [0.29, 0.717) is 5.82 Å². The molecule has 4 nitrogen and oxygen atoms in total. The van der Waals surface area contributed by atoms with E-state index in [-0.39, 0.29) is 11.6 Å². The zero-order chi connectivity index (χ0) is 14.0. The van der Waals surface area contributed by atoms with Crippen molar-refractivity contribution in [1.29, 1.82) is 0 Å². The number of rotatable bonds is 4. The SMILES string of the molecule is CC(CCN(C)C)n1c(N)cc2ccccc2c1=O. The number of fused-ring (bicyclic) bond motifs is 1. The first kappa shape index (κ1) is 13.6. The normalized spacial score (nSPS) is 13.1. The van der Waals surface area contributed by atoms with Crippen LogP contribution in [-0.4, -0.2) is 30.1 Å². The van der Waals surface area contributed by atoms with Crippen LogP contribution in [0.5, 0.6) is 0 Å². The van der Waals surface area contributed by atoms with Crippen LogP contribution in [-0.2, 0) is 0 Å². The highest BCUT2D eigenvalue weighted by molar-refractivity contribution is 5.83. The second-order valence-electron chi connectivity index (χ2n) is 5.27. The van der Waals surface area contributed by atoms with E-state index in [1.807, 2.05) is 51.4 Å². The maximum absolute atomic E-state index is 12.5. The van der Waals surface area contributed by atoms with Gasteiger partial charge in [-0.05, 0) is 51.5 Å². The predicted molar refractivity (Wildman–Crippen MR) is 80.5 cm³/mol. The van der Waals surface area contributed by atoms with E-state index in [0.717, 1.165) is 23.7 Å². The molecule has 1 aromatic heterocycles. The van der Waals surface area contributed by atoms with Crippen LogP contribution in [0, 0.1) is 0 Å². The van der Waals surface area contributed by atoms with Gasteiger partial charge >= 0.3 is 0 Å². The average Bonchev–Trinajstić information content (AvgIpc) is 2.36. The van der Waals surface area contributed by atoms with E-state index in [2.05, 4.69) is 4.90 Å². The maximum atomic E-state index is 12.5. The van der Waals surface area contributed by atoms with Crippen LogP contribution in [0.4, 0.5) is 5.82 Å². The van der Waals surface area contributed by atoms with Crippen LogP contribution >= 0.6 is 0 Å². The van der Waals surface area contributed by atoms with Gasteiger partial charge < -0.3 is 10.6 Å². The summed E-state index contributed by atoms with van der Waals surface area (Å²) in [5.74, 6) is 0.537. The van der Waals surface area contributed by atoms with Gasteiger partial charge in [0, 0.05) is 11.4 Å². The van der Waals surface area contributed by atoms with E-state index >= 15 is 0 Å². The highest BCUT2D eigenvalue weighted by atomic mass is 16.1. The molecule has 0 aliphatic rings. The smallest absolute Gasteiger partial charge is 0.260 e. The molecule has 0 bridgehead atoms. The predicted octanol–water partition coefficient (Wildman–Crippen LogP) is 2.10. The molecule has 2 N–H and O–H groups in total. The van der Waals surface area contributed by atoms with Gasteiger partial charge in [0.15, 0.2) is 0 Å². The summed E-state index contributed by atoms with van der Waals surface area (Å²) < 4.78 is 1.70. The molecule has 0 aliphatic carbocycles. The molecule has 19 heavy (non-hydrogen) atoms. The van der Waals surface area contributed by atoms with E-state index in [9.17, 15) is 4.79 Å². The molecule has 1 heterocycles. The van der Waals surface area contributed by atoms with Gasteiger partial charge in [0.25, 0.3) is 5.56 Å². The molecule has 0 saturated carbocycles. The molecule has 1 aromatic carbocycles. The second kappa shape index (κ2) is 5.45. The lowest BCUT2D eigenvalue weighted by Crippen LogP contribution is -2.28. The summed E-state index contributed by atoms with van der Waals surface area (Å²) in [6, 6.07) is 9.55. The summed E-state index contributed by atoms with van der Waals surface area (Å²) >= 11 is 0. The molecule has 0 saturated heterocycles. The second-order valence-corrected chi connectivity index (χ2v) is 5.27. The van der Waals surface area contributed by atoms with Crippen molar-refractivity contribution in [2.75, 3.05) is 26.4 Å². The molecule has 102 valence electrons. The number of hydrogen-bond donors (Lipinski definition) is 1. The molecule has 1 atom stereocenters. The zero-order valence-corrected chi connectivity index (χ0v) is 11.8. The van der Waals surface area contributed by atoms with Crippen molar-refractivity contribution in [3.63, 3.8) is 0 Å². The third kappa shape index (κ3) is 2.79. The van der Waals surface area contributed by atoms with E-state index in [4.69, 9.17) is 5.73 Å². The minimum Gasteiger partial charge on any atom is -0.385 e. The summed E-state index contributed by atoms with van der Waals surface area (Å²) in [6.45, 7) is 2.97. The molecular weight excluding hydrogens is 238 g/mol. The molecule has 0 radical (unpaired) electrons. The third-order valence-electron chi connectivity index (χ3n) is 3.43. The Bertz CT molecular complexity index is 631. The molecule has 0 amide bonds. The summed E-state index contributed by atoms with van der Waals surface area (Å²) in [7, 11) is 4.05. The lowest BCUT2D eigenvalue weighted by atomic mass is 10.1. The van der Waals surface area contributed by atoms with Crippen LogP contribution in [0.2, 0.25) is 0 Å². The number of pyridine rings is 1. The summed E-state index contributed by atoms with van der Waals surface area (Å²) in [5, 5.41) is 1.63. The fraction of sp³-hybridized carbons (Fsp3) is 0.400. The standard InChI is InChI=1S/C15H21N3O/c1-11(8-9-17(2)3)18-14(16)10-12-6-4-5-7-13(12)15(18)19/h4-7,10-11H,8-9,16H2,1-3H3.